The molecule has 0 radical (unpaired) electrons. The van der Waals surface area contributed by atoms with Crippen molar-refractivity contribution in [3.63, 3.8) is 0 Å². The number of hydrogen-bond acceptors (Lipinski definition) is 3. The molecule has 0 bridgehead atoms. The summed E-state index contributed by atoms with van der Waals surface area (Å²) < 4.78 is 5.10. The first-order chi connectivity index (χ1) is 6.84. The van der Waals surface area contributed by atoms with Crippen LogP contribution in [0.3, 0.4) is 0 Å². The average molecular weight is 187 g/mol. The van der Waals surface area contributed by atoms with Crippen LogP contribution in [0.5, 0.6) is 0 Å². The molecule has 0 unspecified atom stereocenters. The van der Waals surface area contributed by atoms with Crippen LogP contribution in [0.2, 0.25) is 0 Å². The summed E-state index contributed by atoms with van der Waals surface area (Å²) in [6.45, 7) is 2.07. The molecule has 1 aromatic carbocycles. The molecule has 1 fully saturated rings. The van der Waals surface area contributed by atoms with Crippen molar-refractivity contribution in [1.29, 1.82) is 0 Å². The second kappa shape index (κ2) is 2.61. The van der Waals surface area contributed by atoms with Gasteiger partial charge in [-0.1, -0.05) is 12.1 Å². The van der Waals surface area contributed by atoms with Gasteiger partial charge < -0.3 is 9.32 Å². The Balaban J connectivity index is 2.40. The van der Waals surface area contributed by atoms with Gasteiger partial charge in [-0.25, -0.2) is 4.79 Å². The van der Waals surface area contributed by atoms with E-state index in [4.69, 9.17) is 4.42 Å². The van der Waals surface area contributed by atoms with Crippen molar-refractivity contribution in [3.8, 4) is 0 Å². The highest BCUT2D eigenvalue weighted by Gasteiger charge is 2.21. The minimum Gasteiger partial charge on any atom is -0.423 e. The summed E-state index contributed by atoms with van der Waals surface area (Å²) in [5.41, 5.74) is 1.39. The van der Waals surface area contributed by atoms with Crippen LogP contribution in [0.25, 0.3) is 11.0 Å². The summed E-state index contributed by atoms with van der Waals surface area (Å²) in [5, 5.41) is 1.02. The Morgan fingerprint density at radius 1 is 1.21 bits per heavy atom. The minimum atomic E-state index is -0.273. The molecule has 1 aliphatic heterocycles. The fraction of sp³-hybridized carbons (Fsp3) is 0.182. The highest BCUT2D eigenvalue weighted by molar-refractivity contribution is 5.90. The molecular weight excluding hydrogens is 178 g/mol. The van der Waals surface area contributed by atoms with Gasteiger partial charge in [-0.2, -0.15) is 0 Å². The summed E-state index contributed by atoms with van der Waals surface area (Å²) in [5.74, 6) is 0. The molecule has 0 N–H and O–H groups in total. The van der Waals surface area contributed by atoms with Crippen LogP contribution in [0.4, 0.5) is 5.69 Å². The van der Waals surface area contributed by atoms with Crippen LogP contribution in [-0.4, -0.2) is 13.1 Å². The second-order valence-corrected chi connectivity index (χ2v) is 3.43. The Kier molecular flexibility index (Phi) is 1.42. The Bertz CT molecular complexity index is 540. The summed E-state index contributed by atoms with van der Waals surface area (Å²) in [4.78, 5) is 13.4. The number of benzene rings is 1. The highest BCUT2D eigenvalue weighted by Crippen LogP contribution is 2.28. The third-order valence-corrected chi connectivity index (χ3v) is 2.42. The highest BCUT2D eigenvalue weighted by atomic mass is 16.4. The van der Waals surface area contributed by atoms with Crippen molar-refractivity contribution in [1.82, 2.24) is 0 Å². The SMILES string of the molecule is O=c1cc(N2CC2)c2ccccc2o1. The van der Waals surface area contributed by atoms with Gasteiger partial charge in [0.15, 0.2) is 0 Å². The molecule has 1 saturated heterocycles. The van der Waals surface area contributed by atoms with Crippen LogP contribution >= 0.6 is 0 Å². The lowest BCUT2D eigenvalue weighted by Crippen LogP contribution is -2.01. The normalized spacial score (nSPS) is 14.7. The van der Waals surface area contributed by atoms with Crippen molar-refractivity contribution in [3.05, 3.63) is 40.8 Å². The number of anilines is 1. The van der Waals surface area contributed by atoms with Gasteiger partial charge in [0.2, 0.25) is 0 Å². The number of para-hydroxylation sites is 1. The first-order valence-corrected chi connectivity index (χ1v) is 4.62. The lowest BCUT2D eigenvalue weighted by molar-refractivity contribution is 0.561. The summed E-state index contributed by atoms with van der Waals surface area (Å²) in [7, 11) is 0. The average Bonchev–Trinajstić information content (AvgIpc) is 2.99. The zero-order valence-electron chi connectivity index (χ0n) is 7.56. The molecule has 3 heteroatoms. The van der Waals surface area contributed by atoms with E-state index in [1.165, 1.54) is 0 Å². The van der Waals surface area contributed by atoms with E-state index in [2.05, 4.69) is 4.90 Å². The van der Waals surface area contributed by atoms with Crippen LogP contribution in [0, 0.1) is 0 Å². The first kappa shape index (κ1) is 7.62. The van der Waals surface area contributed by atoms with Crippen molar-refractivity contribution in [2.24, 2.45) is 0 Å². The van der Waals surface area contributed by atoms with E-state index in [1.54, 1.807) is 6.07 Å². The van der Waals surface area contributed by atoms with Crippen LogP contribution in [-0.2, 0) is 0 Å². The quantitative estimate of drug-likeness (QED) is 0.502. The maximum absolute atomic E-state index is 11.2. The van der Waals surface area contributed by atoms with Crippen LogP contribution in [0.15, 0.2) is 39.5 Å². The molecule has 3 rings (SSSR count). The van der Waals surface area contributed by atoms with Gasteiger partial charge in [0.1, 0.15) is 5.58 Å². The topological polar surface area (TPSA) is 33.2 Å². The van der Waals surface area contributed by atoms with E-state index in [1.807, 2.05) is 24.3 Å². The molecule has 0 aliphatic carbocycles. The zero-order valence-corrected chi connectivity index (χ0v) is 7.56. The smallest absolute Gasteiger partial charge is 0.338 e. The number of fused-ring (bicyclic) bond motifs is 1. The van der Waals surface area contributed by atoms with E-state index in [9.17, 15) is 4.79 Å². The minimum absolute atomic E-state index is 0.273. The monoisotopic (exact) mass is 187 g/mol. The molecule has 1 aliphatic rings. The van der Waals surface area contributed by atoms with Crippen molar-refractivity contribution in [2.45, 2.75) is 0 Å². The summed E-state index contributed by atoms with van der Waals surface area (Å²) in [6.07, 6.45) is 0. The molecule has 0 spiro atoms. The zero-order chi connectivity index (χ0) is 9.54. The Hall–Kier alpha value is -1.77. The molecule has 70 valence electrons. The molecule has 2 aromatic rings. The number of hydrogen-bond donors (Lipinski definition) is 0. The largest absolute Gasteiger partial charge is 0.423 e. The van der Waals surface area contributed by atoms with Gasteiger partial charge in [0, 0.05) is 24.5 Å². The maximum atomic E-state index is 11.2. The molecule has 0 atom stereocenters. The van der Waals surface area contributed by atoms with Gasteiger partial charge in [-0.05, 0) is 12.1 Å². The van der Waals surface area contributed by atoms with E-state index in [0.717, 1.165) is 24.2 Å². The van der Waals surface area contributed by atoms with Gasteiger partial charge in [-0.3, -0.25) is 0 Å². The van der Waals surface area contributed by atoms with Gasteiger partial charge in [0.05, 0.1) is 5.69 Å². The van der Waals surface area contributed by atoms with Gasteiger partial charge in [0.25, 0.3) is 0 Å². The van der Waals surface area contributed by atoms with Crippen molar-refractivity contribution >= 4 is 16.7 Å². The standard InChI is InChI=1S/C11H9NO2/c13-11-7-9(12-5-6-12)8-3-1-2-4-10(8)14-11/h1-4,7H,5-6H2. The molecule has 3 nitrogen and oxygen atoms in total. The maximum Gasteiger partial charge on any atom is 0.338 e. The summed E-state index contributed by atoms with van der Waals surface area (Å²) >= 11 is 0. The molecular formula is C11H9NO2. The Morgan fingerprint density at radius 3 is 2.79 bits per heavy atom. The van der Waals surface area contributed by atoms with Gasteiger partial charge >= 0.3 is 5.63 Å². The molecule has 14 heavy (non-hydrogen) atoms. The second-order valence-electron chi connectivity index (χ2n) is 3.43. The number of rotatable bonds is 1. The molecule has 2 heterocycles. The fourth-order valence-electron chi connectivity index (χ4n) is 1.65. The Labute approximate surface area is 80.6 Å². The predicted octanol–water partition coefficient (Wildman–Crippen LogP) is 1.61. The van der Waals surface area contributed by atoms with Crippen LogP contribution in [0.1, 0.15) is 0 Å². The van der Waals surface area contributed by atoms with E-state index < -0.39 is 0 Å². The lowest BCUT2D eigenvalue weighted by Gasteiger charge is -2.04. The fourth-order valence-corrected chi connectivity index (χ4v) is 1.65. The summed E-state index contributed by atoms with van der Waals surface area (Å²) in [6, 6.07) is 9.19. The predicted molar refractivity (Wildman–Crippen MR) is 54.7 cm³/mol. The molecule has 0 amide bonds. The van der Waals surface area contributed by atoms with Gasteiger partial charge in [-0.15, -0.1) is 0 Å². The van der Waals surface area contributed by atoms with Crippen molar-refractivity contribution < 1.29 is 4.42 Å². The molecule has 1 aromatic heterocycles. The number of nitrogens with zero attached hydrogens (tertiary/aromatic N) is 1. The first-order valence-electron chi connectivity index (χ1n) is 4.62. The lowest BCUT2D eigenvalue weighted by atomic mass is 10.2. The van der Waals surface area contributed by atoms with E-state index in [0.29, 0.717) is 5.58 Å². The van der Waals surface area contributed by atoms with Crippen LogP contribution < -0.4 is 10.5 Å². The van der Waals surface area contributed by atoms with Crippen molar-refractivity contribution in [2.75, 3.05) is 18.0 Å². The van der Waals surface area contributed by atoms with E-state index >= 15 is 0 Å². The van der Waals surface area contributed by atoms with E-state index in [-0.39, 0.29) is 5.63 Å². The molecule has 0 saturated carbocycles. The third-order valence-electron chi connectivity index (χ3n) is 2.42. The Morgan fingerprint density at radius 2 is 2.00 bits per heavy atom. The third kappa shape index (κ3) is 1.09.